The number of H-pyrrole nitrogens is 1. The lowest BCUT2D eigenvalue weighted by Gasteiger charge is -2.17. The van der Waals surface area contributed by atoms with Crippen LogP contribution in [0, 0.1) is 6.92 Å². The number of hydrogen-bond acceptors (Lipinski definition) is 5. The molecule has 1 heterocycles. The molecule has 0 aliphatic rings. The van der Waals surface area contributed by atoms with Crippen molar-refractivity contribution in [3.8, 4) is 11.5 Å². The van der Waals surface area contributed by atoms with Gasteiger partial charge in [-0.2, -0.15) is 0 Å². The van der Waals surface area contributed by atoms with E-state index in [2.05, 4.69) is 17.2 Å². The summed E-state index contributed by atoms with van der Waals surface area (Å²) in [5, 5.41) is 3.56. The first-order valence-corrected chi connectivity index (χ1v) is 11.2. The second kappa shape index (κ2) is 11.4. The summed E-state index contributed by atoms with van der Waals surface area (Å²) >= 11 is 0. The van der Waals surface area contributed by atoms with Crippen molar-refractivity contribution in [3.63, 3.8) is 0 Å². The number of esters is 1. The maximum Gasteiger partial charge on any atom is 0.328 e. The van der Waals surface area contributed by atoms with E-state index in [9.17, 15) is 9.59 Å². The lowest BCUT2D eigenvalue weighted by molar-refractivity contribution is -0.142. The number of unbranched alkanes of at least 4 members (excludes halogenated alkanes) is 2. The van der Waals surface area contributed by atoms with Gasteiger partial charge in [0.2, 0.25) is 0 Å². The van der Waals surface area contributed by atoms with E-state index in [4.69, 9.17) is 14.2 Å². The molecule has 33 heavy (non-hydrogen) atoms. The highest BCUT2D eigenvalue weighted by atomic mass is 16.5. The second-order valence-corrected chi connectivity index (χ2v) is 7.94. The number of carbonyl (C=O) groups excluding carboxylic acids is 2. The van der Waals surface area contributed by atoms with Gasteiger partial charge >= 0.3 is 5.97 Å². The highest BCUT2D eigenvalue weighted by molar-refractivity contribution is 6.10. The van der Waals surface area contributed by atoms with Crippen molar-refractivity contribution < 1.29 is 23.8 Å². The van der Waals surface area contributed by atoms with Crippen molar-refractivity contribution >= 4 is 22.8 Å². The molecule has 3 aromatic rings. The molecule has 3 rings (SSSR count). The van der Waals surface area contributed by atoms with Crippen molar-refractivity contribution in [2.75, 3.05) is 20.8 Å². The van der Waals surface area contributed by atoms with E-state index in [0.29, 0.717) is 46.7 Å². The molecule has 0 bridgehead atoms. The zero-order valence-corrected chi connectivity index (χ0v) is 19.7. The van der Waals surface area contributed by atoms with E-state index in [1.807, 2.05) is 43.3 Å². The number of amides is 1. The summed E-state index contributed by atoms with van der Waals surface area (Å²) in [5.41, 5.74) is 2.77. The SMILES string of the molecule is CCCCCOc1c(OC)ccc2c(C(=O)N[C@@H](Cc3ccccc3)C(=O)OC)c(C)[nH]c12. The fourth-order valence-corrected chi connectivity index (χ4v) is 3.89. The van der Waals surface area contributed by atoms with Gasteiger partial charge < -0.3 is 24.5 Å². The summed E-state index contributed by atoms with van der Waals surface area (Å²) in [7, 11) is 2.91. The van der Waals surface area contributed by atoms with Gasteiger partial charge in [-0.25, -0.2) is 4.79 Å². The standard InChI is InChI=1S/C26H32N2O5/c1-5-6-10-15-33-24-21(31-3)14-13-19-22(17(2)27-23(19)24)25(29)28-20(26(30)32-4)16-18-11-8-7-9-12-18/h7-9,11-14,20,27H,5-6,10,15-16H2,1-4H3,(H,28,29)/t20-/m0/s1. The fraction of sp³-hybridized carbons (Fsp3) is 0.385. The summed E-state index contributed by atoms with van der Waals surface area (Å²) in [6, 6.07) is 12.3. The van der Waals surface area contributed by atoms with Crippen molar-refractivity contribution in [1.82, 2.24) is 10.3 Å². The minimum atomic E-state index is -0.808. The van der Waals surface area contributed by atoms with Crippen LogP contribution in [-0.2, 0) is 16.0 Å². The molecule has 0 saturated heterocycles. The Hall–Kier alpha value is -3.48. The van der Waals surface area contributed by atoms with Crippen molar-refractivity contribution in [2.45, 2.75) is 45.6 Å². The van der Waals surface area contributed by atoms with Crippen LogP contribution in [-0.4, -0.2) is 43.7 Å². The van der Waals surface area contributed by atoms with E-state index >= 15 is 0 Å². The first-order chi connectivity index (χ1) is 16.0. The molecule has 176 valence electrons. The van der Waals surface area contributed by atoms with Gasteiger partial charge in [0.15, 0.2) is 11.5 Å². The number of aromatic amines is 1. The number of fused-ring (bicyclic) bond motifs is 1. The number of rotatable bonds is 11. The average Bonchev–Trinajstić information content (AvgIpc) is 3.17. The van der Waals surface area contributed by atoms with Crippen LogP contribution in [0.4, 0.5) is 0 Å². The first-order valence-electron chi connectivity index (χ1n) is 11.2. The molecule has 1 atom stereocenters. The van der Waals surface area contributed by atoms with E-state index in [0.717, 1.165) is 24.8 Å². The van der Waals surface area contributed by atoms with Crippen LogP contribution in [0.3, 0.4) is 0 Å². The predicted octanol–water partition coefficient (Wildman–Crippen LogP) is 4.57. The maximum absolute atomic E-state index is 13.3. The Balaban J connectivity index is 1.90. The summed E-state index contributed by atoms with van der Waals surface area (Å²) in [6.07, 6.45) is 3.44. The zero-order valence-electron chi connectivity index (χ0n) is 19.7. The van der Waals surface area contributed by atoms with Gasteiger partial charge in [-0.1, -0.05) is 50.1 Å². The molecule has 0 spiro atoms. The average molecular weight is 453 g/mol. The van der Waals surface area contributed by atoms with Crippen LogP contribution in [0.25, 0.3) is 10.9 Å². The van der Waals surface area contributed by atoms with Gasteiger partial charge in [-0.3, -0.25) is 4.79 Å². The largest absolute Gasteiger partial charge is 0.493 e. The molecule has 2 aromatic carbocycles. The fourth-order valence-electron chi connectivity index (χ4n) is 3.89. The van der Waals surface area contributed by atoms with Gasteiger partial charge in [0.1, 0.15) is 6.04 Å². The van der Waals surface area contributed by atoms with Gasteiger partial charge in [-0.15, -0.1) is 0 Å². The van der Waals surface area contributed by atoms with Crippen LogP contribution in [0.1, 0.15) is 47.8 Å². The Morgan fingerprint density at radius 3 is 2.48 bits per heavy atom. The monoisotopic (exact) mass is 452 g/mol. The van der Waals surface area contributed by atoms with Crippen LogP contribution >= 0.6 is 0 Å². The third-order valence-corrected chi connectivity index (χ3v) is 5.59. The summed E-state index contributed by atoms with van der Waals surface area (Å²) < 4.78 is 16.5. The summed E-state index contributed by atoms with van der Waals surface area (Å²) in [4.78, 5) is 29.0. The number of nitrogens with one attached hydrogen (secondary N) is 2. The normalized spacial score (nSPS) is 11.8. The number of carbonyl (C=O) groups is 2. The van der Waals surface area contributed by atoms with E-state index in [1.54, 1.807) is 13.2 Å². The molecule has 0 aliphatic carbocycles. The van der Waals surface area contributed by atoms with Crippen LogP contribution in [0.15, 0.2) is 42.5 Å². The van der Waals surface area contributed by atoms with E-state index < -0.39 is 12.0 Å². The molecule has 0 radical (unpaired) electrons. The molecule has 0 aliphatic heterocycles. The van der Waals surface area contributed by atoms with Crippen LogP contribution in [0.2, 0.25) is 0 Å². The molecule has 1 amide bonds. The molecule has 0 fully saturated rings. The van der Waals surface area contributed by atoms with Gasteiger partial charge in [0.05, 0.1) is 31.9 Å². The maximum atomic E-state index is 13.3. The topological polar surface area (TPSA) is 89.7 Å². The van der Waals surface area contributed by atoms with Crippen molar-refractivity contribution in [1.29, 1.82) is 0 Å². The molecular weight excluding hydrogens is 420 g/mol. The second-order valence-electron chi connectivity index (χ2n) is 7.94. The minimum Gasteiger partial charge on any atom is -0.493 e. The number of hydrogen-bond donors (Lipinski definition) is 2. The van der Waals surface area contributed by atoms with Gasteiger partial charge in [0.25, 0.3) is 5.91 Å². The Morgan fingerprint density at radius 1 is 1.06 bits per heavy atom. The Labute approximate surface area is 194 Å². The third kappa shape index (κ3) is 5.66. The Kier molecular flexibility index (Phi) is 8.35. The van der Waals surface area contributed by atoms with Crippen molar-refractivity contribution in [3.05, 3.63) is 59.3 Å². The quantitative estimate of drug-likeness (QED) is 0.329. The Morgan fingerprint density at radius 2 is 1.82 bits per heavy atom. The third-order valence-electron chi connectivity index (χ3n) is 5.59. The molecule has 0 saturated carbocycles. The summed E-state index contributed by atoms with van der Waals surface area (Å²) in [6.45, 7) is 4.52. The highest BCUT2D eigenvalue weighted by Gasteiger charge is 2.26. The lowest BCUT2D eigenvalue weighted by atomic mass is 10.0. The Bertz CT molecular complexity index is 1090. The number of aromatic nitrogens is 1. The molecular formula is C26H32N2O5. The lowest BCUT2D eigenvalue weighted by Crippen LogP contribution is -2.43. The molecule has 0 unspecified atom stereocenters. The summed E-state index contributed by atoms with van der Waals surface area (Å²) in [5.74, 6) is 0.337. The van der Waals surface area contributed by atoms with Gasteiger partial charge in [-0.05, 0) is 31.0 Å². The molecule has 2 N–H and O–H groups in total. The van der Waals surface area contributed by atoms with Crippen molar-refractivity contribution in [2.24, 2.45) is 0 Å². The van der Waals surface area contributed by atoms with Gasteiger partial charge in [0, 0.05) is 17.5 Å². The minimum absolute atomic E-state index is 0.334. The number of methoxy groups -OCH3 is 2. The first kappa shape index (κ1) is 24.2. The number of benzene rings is 2. The van der Waals surface area contributed by atoms with Crippen LogP contribution < -0.4 is 14.8 Å². The number of ether oxygens (including phenoxy) is 3. The van der Waals surface area contributed by atoms with E-state index in [1.165, 1.54) is 7.11 Å². The predicted molar refractivity (Wildman–Crippen MR) is 128 cm³/mol. The number of aryl methyl sites for hydroxylation is 1. The highest BCUT2D eigenvalue weighted by Crippen LogP contribution is 2.37. The van der Waals surface area contributed by atoms with E-state index in [-0.39, 0.29) is 5.91 Å². The molecule has 7 heteroatoms. The van der Waals surface area contributed by atoms with Crippen LogP contribution in [0.5, 0.6) is 11.5 Å². The molecule has 7 nitrogen and oxygen atoms in total. The molecule has 1 aromatic heterocycles. The smallest absolute Gasteiger partial charge is 0.328 e. The zero-order chi connectivity index (χ0) is 23.8.